The van der Waals surface area contributed by atoms with E-state index in [1.54, 1.807) is 0 Å². The zero-order chi connectivity index (χ0) is 11.4. The van der Waals surface area contributed by atoms with Crippen molar-refractivity contribution in [1.29, 1.82) is 0 Å². The number of hydrogen-bond donors (Lipinski definition) is 2. The SMILES string of the molecule is CCCC1CC1NC(=O)CCC1CCNC1. The van der Waals surface area contributed by atoms with Crippen molar-refractivity contribution in [1.82, 2.24) is 10.6 Å². The van der Waals surface area contributed by atoms with Crippen LogP contribution in [-0.2, 0) is 4.79 Å². The predicted molar refractivity (Wildman–Crippen MR) is 65.2 cm³/mol. The highest BCUT2D eigenvalue weighted by Gasteiger charge is 2.36. The number of amides is 1. The zero-order valence-electron chi connectivity index (χ0n) is 10.3. The molecule has 0 radical (unpaired) electrons. The maximum atomic E-state index is 11.7. The van der Waals surface area contributed by atoms with Gasteiger partial charge in [0.1, 0.15) is 0 Å². The maximum absolute atomic E-state index is 11.7. The molecule has 1 aliphatic carbocycles. The van der Waals surface area contributed by atoms with Crippen LogP contribution in [0.25, 0.3) is 0 Å². The molecule has 16 heavy (non-hydrogen) atoms. The van der Waals surface area contributed by atoms with E-state index in [0.717, 1.165) is 37.8 Å². The van der Waals surface area contributed by atoms with Gasteiger partial charge in [0.15, 0.2) is 0 Å². The minimum atomic E-state index is 0.274. The average Bonchev–Trinajstić information content (AvgIpc) is 2.82. The number of carbonyl (C=O) groups excluding carboxylic acids is 1. The molecule has 92 valence electrons. The molecule has 1 saturated carbocycles. The van der Waals surface area contributed by atoms with E-state index < -0.39 is 0 Å². The van der Waals surface area contributed by atoms with Crippen molar-refractivity contribution in [3.63, 3.8) is 0 Å². The van der Waals surface area contributed by atoms with Gasteiger partial charge in [-0.15, -0.1) is 0 Å². The number of rotatable bonds is 6. The number of hydrogen-bond acceptors (Lipinski definition) is 2. The highest BCUT2D eigenvalue weighted by molar-refractivity contribution is 5.76. The molecule has 1 heterocycles. The minimum absolute atomic E-state index is 0.274. The summed E-state index contributed by atoms with van der Waals surface area (Å²) >= 11 is 0. The topological polar surface area (TPSA) is 41.1 Å². The van der Waals surface area contributed by atoms with E-state index in [1.807, 2.05) is 0 Å². The van der Waals surface area contributed by atoms with E-state index in [4.69, 9.17) is 0 Å². The minimum Gasteiger partial charge on any atom is -0.353 e. The van der Waals surface area contributed by atoms with Crippen LogP contribution in [0.5, 0.6) is 0 Å². The summed E-state index contributed by atoms with van der Waals surface area (Å²) < 4.78 is 0. The lowest BCUT2D eigenvalue weighted by molar-refractivity contribution is -0.121. The summed E-state index contributed by atoms with van der Waals surface area (Å²) in [6.45, 7) is 4.45. The lowest BCUT2D eigenvalue weighted by atomic mass is 10.0. The molecule has 0 aromatic heterocycles. The number of carbonyl (C=O) groups is 1. The Morgan fingerprint density at radius 2 is 2.31 bits per heavy atom. The Morgan fingerprint density at radius 3 is 3.00 bits per heavy atom. The van der Waals surface area contributed by atoms with Crippen molar-refractivity contribution >= 4 is 5.91 Å². The quantitative estimate of drug-likeness (QED) is 0.721. The van der Waals surface area contributed by atoms with Gasteiger partial charge in [0, 0.05) is 12.5 Å². The fraction of sp³-hybridized carbons (Fsp3) is 0.923. The van der Waals surface area contributed by atoms with Crippen LogP contribution in [0.2, 0.25) is 0 Å². The van der Waals surface area contributed by atoms with Crippen molar-refractivity contribution in [2.75, 3.05) is 13.1 Å². The van der Waals surface area contributed by atoms with E-state index >= 15 is 0 Å². The Balaban J connectivity index is 1.55. The first-order chi connectivity index (χ1) is 7.79. The molecule has 1 amide bonds. The van der Waals surface area contributed by atoms with Crippen LogP contribution in [0.3, 0.4) is 0 Å². The largest absolute Gasteiger partial charge is 0.353 e. The molecule has 1 aliphatic heterocycles. The normalized spacial score (nSPS) is 32.7. The summed E-state index contributed by atoms with van der Waals surface area (Å²) in [6, 6.07) is 0.508. The summed E-state index contributed by atoms with van der Waals surface area (Å²) in [6.07, 6.45) is 6.76. The van der Waals surface area contributed by atoms with Crippen LogP contribution in [0.15, 0.2) is 0 Å². The Hall–Kier alpha value is -0.570. The molecule has 3 heteroatoms. The first-order valence-electron chi connectivity index (χ1n) is 6.79. The van der Waals surface area contributed by atoms with Gasteiger partial charge in [0.25, 0.3) is 0 Å². The molecule has 0 bridgehead atoms. The highest BCUT2D eigenvalue weighted by Crippen LogP contribution is 2.34. The summed E-state index contributed by atoms with van der Waals surface area (Å²) in [5, 5.41) is 6.49. The molecule has 0 spiro atoms. The molecule has 2 aliphatic rings. The van der Waals surface area contributed by atoms with Gasteiger partial charge in [-0.1, -0.05) is 13.3 Å². The Kier molecular flexibility index (Phi) is 4.22. The van der Waals surface area contributed by atoms with E-state index in [-0.39, 0.29) is 5.91 Å². The lowest BCUT2D eigenvalue weighted by Gasteiger charge is -2.08. The van der Waals surface area contributed by atoms with Crippen LogP contribution in [0, 0.1) is 11.8 Å². The molecule has 0 aromatic carbocycles. The second-order valence-electron chi connectivity index (χ2n) is 5.36. The molecule has 2 fully saturated rings. The lowest BCUT2D eigenvalue weighted by Crippen LogP contribution is -2.27. The summed E-state index contributed by atoms with van der Waals surface area (Å²) in [5.41, 5.74) is 0. The van der Waals surface area contributed by atoms with E-state index in [2.05, 4.69) is 17.6 Å². The molecular formula is C13H24N2O. The monoisotopic (exact) mass is 224 g/mol. The molecule has 2 N–H and O–H groups in total. The molecule has 1 saturated heterocycles. The fourth-order valence-electron chi connectivity index (χ4n) is 2.69. The average molecular weight is 224 g/mol. The van der Waals surface area contributed by atoms with Crippen LogP contribution in [0.1, 0.15) is 45.4 Å². The predicted octanol–water partition coefficient (Wildman–Crippen LogP) is 1.68. The fourth-order valence-corrected chi connectivity index (χ4v) is 2.69. The van der Waals surface area contributed by atoms with E-state index in [1.165, 1.54) is 25.7 Å². The third-order valence-electron chi connectivity index (χ3n) is 3.87. The van der Waals surface area contributed by atoms with Gasteiger partial charge in [0.05, 0.1) is 0 Å². The maximum Gasteiger partial charge on any atom is 0.220 e. The van der Waals surface area contributed by atoms with Gasteiger partial charge < -0.3 is 10.6 Å². The Bertz CT molecular complexity index is 236. The first-order valence-corrected chi connectivity index (χ1v) is 6.79. The first kappa shape index (κ1) is 11.9. The van der Waals surface area contributed by atoms with Gasteiger partial charge in [-0.05, 0) is 50.6 Å². The van der Waals surface area contributed by atoms with Gasteiger partial charge in [-0.3, -0.25) is 4.79 Å². The summed E-state index contributed by atoms with van der Waals surface area (Å²) in [5.74, 6) is 1.79. The Labute approximate surface area is 98.4 Å². The van der Waals surface area contributed by atoms with Gasteiger partial charge >= 0.3 is 0 Å². The van der Waals surface area contributed by atoms with Gasteiger partial charge in [-0.2, -0.15) is 0 Å². The van der Waals surface area contributed by atoms with Crippen molar-refractivity contribution in [3.05, 3.63) is 0 Å². The van der Waals surface area contributed by atoms with Crippen molar-refractivity contribution in [3.8, 4) is 0 Å². The van der Waals surface area contributed by atoms with Crippen LogP contribution in [-0.4, -0.2) is 25.0 Å². The Morgan fingerprint density at radius 1 is 1.44 bits per heavy atom. The van der Waals surface area contributed by atoms with Crippen molar-refractivity contribution < 1.29 is 4.79 Å². The highest BCUT2D eigenvalue weighted by atomic mass is 16.1. The van der Waals surface area contributed by atoms with Crippen LogP contribution >= 0.6 is 0 Å². The third kappa shape index (κ3) is 3.48. The van der Waals surface area contributed by atoms with E-state index in [9.17, 15) is 4.79 Å². The summed E-state index contributed by atoms with van der Waals surface area (Å²) in [4.78, 5) is 11.7. The second-order valence-corrected chi connectivity index (χ2v) is 5.36. The summed E-state index contributed by atoms with van der Waals surface area (Å²) in [7, 11) is 0. The van der Waals surface area contributed by atoms with Crippen LogP contribution < -0.4 is 10.6 Å². The van der Waals surface area contributed by atoms with Gasteiger partial charge in [-0.25, -0.2) is 0 Å². The molecule has 3 unspecified atom stereocenters. The zero-order valence-corrected chi connectivity index (χ0v) is 10.3. The molecule has 3 nitrogen and oxygen atoms in total. The van der Waals surface area contributed by atoms with Crippen molar-refractivity contribution in [2.45, 2.75) is 51.5 Å². The standard InChI is InChI=1S/C13H24N2O/c1-2-3-11-8-12(11)15-13(16)5-4-10-6-7-14-9-10/h10-12,14H,2-9H2,1H3,(H,15,16). The smallest absolute Gasteiger partial charge is 0.220 e. The molecule has 2 rings (SSSR count). The molecule has 3 atom stereocenters. The third-order valence-corrected chi connectivity index (χ3v) is 3.87. The van der Waals surface area contributed by atoms with E-state index in [0.29, 0.717) is 6.04 Å². The number of nitrogens with one attached hydrogen (secondary N) is 2. The van der Waals surface area contributed by atoms with Gasteiger partial charge in [0.2, 0.25) is 5.91 Å². The van der Waals surface area contributed by atoms with Crippen molar-refractivity contribution in [2.24, 2.45) is 11.8 Å². The molecular weight excluding hydrogens is 200 g/mol. The second kappa shape index (κ2) is 5.67. The molecule has 0 aromatic rings. The van der Waals surface area contributed by atoms with Crippen LogP contribution in [0.4, 0.5) is 0 Å².